The van der Waals surface area contributed by atoms with Crippen LogP contribution < -0.4 is 11.2 Å². The molecule has 2 aromatic rings. The molecule has 20 heavy (non-hydrogen) atoms. The van der Waals surface area contributed by atoms with E-state index >= 15 is 0 Å². The Labute approximate surface area is 116 Å². The first-order chi connectivity index (χ1) is 9.58. The fourth-order valence-electron chi connectivity index (χ4n) is 1.92. The number of hydrogen-bond acceptors (Lipinski definition) is 3. The highest BCUT2D eigenvalue weighted by Gasteiger charge is 2.08. The molecule has 1 aromatic heterocycles. The molecule has 2 amide bonds. The van der Waals surface area contributed by atoms with Crippen molar-refractivity contribution in [2.24, 2.45) is 10.8 Å². The van der Waals surface area contributed by atoms with Crippen molar-refractivity contribution in [3.63, 3.8) is 0 Å². The fraction of sp³-hybridized carbons (Fsp3) is 0.214. The highest BCUT2D eigenvalue weighted by molar-refractivity contribution is 5.94. The topological polar surface area (TPSA) is 89.5 Å². The molecule has 6 nitrogen and oxygen atoms in total. The molecule has 1 heterocycles. The van der Waals surface area contributed by atoms with Crippen LogP contribution in [0.15, 0.2) is 41.6 Å². The summed E-state index contributed by atoms with van der Waals surface area (Å²) in [6.07, 6.45) is 2.54. The van der Waals surface area contributed by atoms with Gasteiger partial charge >= 0.3 is 6.03 Å². The van der Waals surface area contributed by atoms with Crippen molar-refractivity contribution >= 4 is 28.6 Å². The summed E-state index contributed by atoms with van der Waals surface area (Å²) in [7, 11) is 0. The lowest BCUT2D eigenvalue weighted by molar-refractivity contribution is 0.0910. The first-order valence-electron chi connectivity index (χ1n) is 6.26. The number of aromatic nitrogens is 1. The van der Waals surface area contributed by atoms with Crippen LogP contribution >= 0.6 is 0 Å². The number of fused-ring (bicyclic) bond motifs is 1. The molecule has 0 saturated carbocycles. The third-order valence-corrected chi connectivity index (χ3v) is 2.93. The first-order valence-corrected chi connectivity index (χ1v) is 6.26. The minimum atomic E-state index is -0.716. The number of benzene rings is 1. The molecule has 0 unspecified atom stereocenters. The SMILES string of the molecule is C/C(CCC(=O)n1ccc2ccccc21)=N/NC(N)=O. The Morgan fingerprint density at radius 3 is 2.75 bits per heavy atom. The number of nitrogens with one attached hydrogen (secondary N) is 1. The number of amides is 2. The molecule has 0 aliphatic heterocycles. The van der Waals surface area contributed by atoms with E-state index in [2.05, 4.69) is 10.5 Å². The van der Waals surface area contributed by atoms with Gasteiger partial charge in [-0.1, -0.05) is 18.2 Å². The highest BCUT2D eigenvalue weighted by atomic mass is 16.2. The largest absolute Gasteiger partial charge is 0.350 e. The Morgan fingerprint density at radius 2 is 2.00 bits per heavy atom. The van der Waals surface area contributed by atoms with Gasteiger partial charge in [0.25, 0.3) is 0 Å². The summed E-state index contributed by atoms with van der Waals surface area (Å²) in [5.74, 6) is -0.0141. The summed E-state index contributed by atoms with van der Waals surface area (Å²) < 4.78 is 1.63. The van der Waals surface area contributed by atoms with Gasteiger partial charge < -0.3 is 5.73 Å². The van der Waals surface area contributed by atoms with Crippen LogP contribution in [0.3, 0.4) is 0 Å². The van der Waals surface area contributed by atoms with E-state index in [1.54, 1.807) is 17.7 Å². The summed E-state index contributed by atoms with van der Waals surface area (Å²) in [5.41, 5.74) is 8.59. The number of hydrogen-bond donors (Lipinski definition) is 2. The quantitative estimate of drug-likeness (QED) is 0.659. The number of carbonyl (C=O) groups is 2. The second-order valence-electron chi connectivity index (χ2n) is 4.46. The van der Waals surface area contributed by atoms with E-state index in [0.29, 0.717) is 18.6 Å². The second kappa shape index (κ2) is 6.01. The van der Waals surface area contributed by atoms with Crippen LogP contribution in [0, 0.1) is 0 Å². The second-order valence-corrected chi connectivity index (χ2v) is 4.46. The lowest BCUT2D eigenvalue weighted by Crippen LogP contribution is -2.25. The van der Waals surface area contributed by atoms with Crippen LogP contribution in [0.2, 0.25) is 0 Å². The zero-order valence-electron chi connectivity index (χ0n) is 11.2. The molecule has 0 atom stereocenters. The molecule has 0 aliphatic carbocycles. The molecule has 0 radical (unpaired) electrons. The van der Waals surface area contributed by atoms with Crippen molar-refractivity contribution in [1.29, 1.82) is 0 Å². The monoisotopic (exact) mass is 272 g/mol. The van der Waals surface area contributed by atoms with Crippen LogP contribution in [0.25, 0.3) is 10.9 Å². The van der Waals surface area contributed by atoms with Crippen molar-refractivity contribution < 1.29 is 9.59 Å². The molecule has 0 saturated heterocycles. The van der Waals surface area contributed by atoms with Crippen molar-refractivity contribution in [2.45, 2.75) is 19.8 Å². The van der Waals surface area contributed by atoms with Gasteiger partial charge in [0, 0.05) is 23.7 Å². The maximum atomic E-state index is 12.2. The number of para-hydroxylation sites is 1. The van der Waals surface area contributed by atoms with E-state index in [9.17, 15) is 9.59 Å². The van der Waals surface area contributed by atoms with Crippen LogP contribution in [0.5, 0.6) is 0 Å². The summed E-state index contributed by atoms with van der Waals surface area (Å²) in [4.78, 5) is 22.7. The summed E-state index contributed by atoms with van der Waals surface area (Å²) in [6, 6.07) is 8.89. The third kappa shape index (κ3) is 3.23. The Bertz CT molecular complexity index is 673. The van der Waals surface area contributed by atoms with Crippen LogP contribution in [0.1, 0.15) is 24.6 Å². The number of nitrogens with two attached hydrogens (primary N) is 1. The Morgan fingerprint density at radius 1 is 1.25 bits per heavy atom. The maximum absolute atomic E-state index is 12.2. The zero-order chi connectivity index (χ0) is 14.5. The molecule has 6 heteroatoms. The molecule has 104 valence electrons. The molecular formula is C14H16N4O2. The zero-order valence-corrected chi connectivity index (χ0v) is 11.2. The van der Waals surface area contributed by atoms with Crippen molar-refractivity contribution in [1.82, 2.24) is 9.99 Å². The average Bonchev–Trinajstić information content (AvgIpc) is 2.86. The summed E-state index contributed by atoms with van der Waals surface area (Å²) in [6.45, 7) is 1.73. The Balaban J connectivity index is 2.02. The molecule has 0 aliphatic rings. The highest BCUT2D eigenvalue weighted by Crippen LogP contribution is 2.15. The van der Waals surface area contributed by atoms with Gasteiger partial charge in [0.2, 0.25) is 5.91 Å². The molecule has 2 rings (SSSR count). The molecule has 0 spiro atoms. The van der Waals surface area contributed by atoms with Gasteiger partial charge in [-0.15, -0.1) is 0 Å². The smallest absolute Gasteiger partial charge is 0.332 e. The fourth-order valence-corrected chi connectivity index (χ4v) is 1.92. The molecule has 0 fully saturated rings. The van der Waals surface area contributed by atoms with E-state index in [-0.39, 0.29) is 5.91 Å². The minimum absolute atomic E-state index is 0.0141. The van der Waals surface area contributed by atoms with Crippen molar-refractivity contribution in [2.75, 3.05) is 0 Å². The third-order valence-electron chi connectivity index (χ3n) is 2.93. The van der Waals surface area contributed by atoms with Gasteiger partial charge in [0.15, 0.2) is 0 Å². The van der Waals surface area contributed by atoms with Gasteiger partial charge in [-0.2, -0.15) is 5.10 Å². The lowest BCUT2D eigenvalue weighted by Gasteiger charge is -2.04. The average molecular weight is 272 g/mol. The van der Waals surface area contributed by atoms with Gasteiger partial charge in [-0.25, -0.2) is 10.2 Å². The number of urea groups is 1. The van der Waals surface area contributed by atoms with Gasteiger partial charge in [-0.05, 0) is 25.5 Å². The number of hydrazone groups is 1. The van der Waals surface area contributed by atoms with E-state index < -0.39 is 6.03 Å². The summed E-state index contributed by atoms with van der Waals surface area (Å²) >= 11 is 0. The Hall–Kier alpha value is -2.63. The first kappa shape index (κ1) is 13.8. The molecule has 1 aromatic carbocycles. The number of primary amides is 1. The van der Waals surface area contributed by atoms with Crippen LogP contribution in [-0.2, 0) is 0 Å². The normalized spacial score (nSPS) is 11.6. The van der Waals surface area contributed by atoms with E-state index in [1.807, 2.05) is 30.3 Å². The minimum Gasteiger partial charge on any atom is -0.350 e. The van der Waals surface area contributed by atoms with Crippen molar-refractivity contribution in [3.8, 4) is 0 Å². The molecular weight excluding hydrogens is 256 g/mol. The van der Waals surface area contributed by atoms with E-state index in [1.165, 1.54) is 0 Å². The lowest BCUT2D eigenvalue weighted by atomic mass is 10.2. The van der Waals surface area contributed by atoms with Crippen LogP contribution in [-0.4, -0.2) is 22.2 Å². The van der Waals surface area contributed by atoms with Gasteiger partial charge in [0.05, 0.1) is 5.52 Å². The summed E-state index contributed by atoms with van der Waals surface area (Å²) in [5, 5.41) is 4.80. The molecule has 0 bridgehead atoms. The predicted molar refractivity (Wildman–Crippen MR) is 77.6 cm³/mol. The van der Waals surface area contributed by atoms with Gasteiger partial charge in [0.1, 0.15) is 0 Å². The Kier molecular flexibility index (Phi) is 4.14. The maximum Gasteiger partial charge on any atom is 0.332 e. The number of carbonyl (C=O) groups excluding carboxylic acids is 2. The number of rotatable bonds is 4. The van der Waals surface area contributed by atoms with E-state index in [0.717, 1.165) is 10.9 Å². The molecule has 3 N–H and O–H groups in total. The predicted octanol–water partition coefficient (Wildman–Crippen LogP) is 2.11. The van der Waals surface area contributed by atoms with Crippen molar-refractivity contribution in [3.05, 3.63) is 36.5 Å². The number of nitrogens with zero attached hydrogens (tertiary/aromatic N) is 2. The van der Waals surface area contributed by atoms with Gasteiger partial charge in [-0.3, -0.25) is 9.36 Å². The standard InChI is InChI=1S/C14H16N4O2/c1-10(16-17-14(15)20)6-7-13(19)18-9-8-11-4-2-3-5-12(11)18/h2-5,8-9H,6-7H2,1H3,(H3,15,17,20)/b16-10-. The van der Waals surface area contributed by atoms with E-state index in [4.69, 9.17) is 5.73 Å². The van der Waals surface area contributed by atoms with Crippen LogP contribution in [0.4, 0.5) is 4.79 Å².